The minimum Gasteiger partial charge on any atom is -0.497 e. The first-order chi connectivity index (χ1) is 12.6. The predicted octanol–water partition coefficient (Wildman–Crippen LogP) is 3.11. The lowest BCUT2D eigenvalue weighted by atomic mass is 10.2. The van der Waals surface area contributed by atoms with Crippen molar-refractivity contribution in [3.05, 3.63) is 39.8 Å². The molecule has 0 aliphatic heterocycles. The number of ether oxygens (including phenoxy) is 2. The molecule has 0 atom stereocenters. The fourth-order valence-corrected chi connectivity index (χ4v) is 3.23. The molecule has 0 saturated carbocycles. The lowest BCUT2D eigenvalue weighted by molar-refractivity contribution is 0.382. The first kappa shape index (κ1) is 20.0. The molecule has 0 fully saturated rings. The van der Waals surface area contributed by atoms with Crippen LogP contribution in [-0.4, -0.2) is 50.2 Å². The molecule has 0 radical (unpaired) electrons. The van der Waals surface area contributed by atoms with E-state index in [-0.39, 0.29) is 0 Å². The van der Waals surface area contributed by atoms with Crippen molar-refractivity contribution >= 4 is 17.3 Å². The second kappa shape index (κ2) is 10.0. The van der Waals surface area contributed by atoms with Crippen LogP contribution in [0.3, 0.4) is 0 Å². The van der Waals surface area contributed by atoms with Gasteiger partial charge in [0.2, 0.25) is 0 Å². The Morgan fingerprint density at radius 3 is 2.73 bits per heavy atom. The van der Waals surface area contributed by atoms with E-state index < -0.39 is 0 Å². The van der Waals surface area contributed by atoms with E-state index in [4.69, 9.17) is 14.5 Å². The Balaban J connectivity index is 2.05. The van der Waals surface area contributed by atoms with Gasteiger partial charge in [-0.25, -0.2) is 4.98 Å². The molecule has 1 N–H and O–H groups in total. The summed E-state index contributed by atoms with van der Waals surface area (Å²) in [4.78, 5) is 11.3. The number of aryl methyl sites for hydroxylation is 1. The third-order valence-electron chi connectivity index (χ3n) is 3.89. The van der Waals surface area contributed by atoms with E-state index in [0.29, 0.717) is 13.1 Å². The van der Waals surface area contributed by atoms with Crippen molar-refractivity contribution in [3.63, 3.8) is 0 Å². The highest BCUT2D eigenvalue weighted by Crippen LogP contribution is 2.25. The zero-order valence-corrected chi connectivity index (χ0v) is 17.0. The van der Waals surface area contributed by atoms with E-state index in [1.54, 1.807) is 25.6 Å². The molecule has 1 aromatic heterocycles. The molecule has 0 aliphatic carbocycles. The number of nitrogens with one attached hydrogen (secondary N) is 1. The van der Waals surface area contributed by atoms with E-state index in [0.717, 1.165) is 46.7 Å². The number of aromatic nitrogens is 1. The summed E-state index contributed by atoms with van der Waals surface area (Å²) in [5.74, 6) is 2.47. The fourth-order valence-electron chi connectivity index (χ4n) is 2.58. The Labute approximate surface area is 159 Å². The van der Waals surface area contributed by atoms with Gasteiger partial charge in [-0.15, -0.1) is 11.3 Å². The van der Waals surface area contributed by atoms with Crippen LogP contribution in [-0.2, 0) is 13.0 Å². The molecule has 6 nitrogen and oxygen atoms in total. The molecule has 0 bridgehead atoms. The number of rotatable bonds is 8. The van der Waals surface area contributed by atoms with Crippen molar-refractivity contribution in [3.8, 4) is 11.5 Å². The van der Waals surface area contributed by atoms with Crippen LogP contribution >= 0.6 is 11.3 Å². The minimum atomic E-state index is 0.689. The van der Waals surface area contributed by atoms with Gasteiger partial charge in [0.15, 0.2) is 5.96 Å². The summed E-state index contributed by atoms with van der Waals surface area (Å²) < 4.78 is 10.8. The highest BCUT2D eigenvalue weighted by atomic mass is 32.1. The largest absolute Gasteiger partial charge is 0.497 e. The van der Waals surface area contributed by atoms with Crippen LogP contribution in [0, 0.1) is 6.92 Å². The van der Waals surface area contributed by atoms with Gasteiger partial charge in [0.25, 0.3) is 0 Å². The SMILES string of the molecule is CCNC(=NCCc1csc(C)n1)N(C)Cc1ccc(OC)cc1OC. The van der Waals surface area contributed by atoms with Crippen molar-refractivity contribution in [2.75, 3.05) is 34.4 Å². The first-order valence-corrected chi connectivity index (χ1v) is 9.56. The molecule has 7 heteroatoms. The van der Waals surface area contributed by atoms with Crippen molar-refractivity contribution in [2.45, 2.75) is 26.8 Å². The lowest BCUT2D eigenvalue weighted by Gasteiger charge is -2.23. The van der Waals surface area contributed by atoms with E-state index in [1.165, 1.54) is 0 Å². The molecule has 2 aromatic rings. The maximum Gasteiger partial charge on any atom is 0.193 e. The van der Waals surface area contributed by atoms with Gasteiger partial charge >= 0.3 is 0 Å². The van der Waals surface area contributed by atoms with Gasteiger partial charge in [0, 0.05) is 50.1 Å². The number of nitrogens with zero attached hydrogens (tertiary/aromatic N) is 3. The standard InChI is InChI=1S/C19H28N4O2S/c1-6-20-19(21-10-9-16-13-26-14(2)22-16)23(3)12-15-7-8-17(24-4)11-18(15)25-5/h7-8,11,13H,6,9-10,12H2,1-5H3,(H,20,21). The zero-order valence-electron chi connectivity index (χ0n) is 16.2. The molecule has 1 aromatic carbocycles. The Hall–Kier alpha value is -2.28. The maximum absolute atomic E-state index is 5.50. The third kappa shape index (κ3) is 5.62. The molecule has 0 amide bonds. The average Bonchev–Trinajstić information content (AvgIpc) is 3.06. The second-order valence-corrected chi connectivity index (χ2v) is 6.94. The molecular formula is C19H28N4O2S. The van der Waals surface area contributed by atoms with E-state index >= 15 is 0 Å². The number of hydrogen-bond acceptors (Lipinski definition) is 5. The van der Waals surface area contributed by atoms with Crippen molar-refractivity contribution in [2.24, 2.45) is 4.99 Å². The molecule has 0 spiro atoms. The Morgan fingerprint density at radius 1 is 1.31 bits per heavy atom. The third-order valence-corrected chi connectivity index (χ3v) is 4.72. The van der Waals surface area contributed by atoms with E-state index in [2.05, 4.69) is 27.5 Å². The van der Waals surface area contributed by atoms with E-state index in [9.17, 15) is 0 Å². The van der Waals surface area contributed by atoms with Gasteiger partial charge < -0.3 is 19.7 Å². The van der Waals surface area contributed by atoms with E-state index in [1.807, 2.05) is 32.2 Å². The van der Waals surface area contributed by atoms with Crippen LogP contribution < -0.4 is 14.8 Å². The van der Waals surface area contributed by atoms with Crippen LogP contribution in [0.4, 0.5) is 0 Å². The zero-order chi connectivity index (χ0) is 18.9. The van der Waals surface area contributed by atoms with Crippen molar-refractivity contribution in [1.29, 1.82) is 0 Å². The summed E-state index contributed by atoms with van der Waals surface area (Å²) in [6.45, 7) is 6.31. The van der Waals surface area contributed by atoms with Crippen LogP contribution in [0.2, 0.25) is 0 Å². The predicted molar refractivity (Wildman–Crippen MR) is 108 cm³/mol. The van der Waals surface area contributed by atoms with Gasteiger partial charge in [0.1, 0.15) is 11.5 Å². The molecule has 2 rings (SSSR count). The quantitative estimate of drug-likeness (QED) is 0.567. The van der Waals surface area contributed by atoms with Crippen molar-refractivity contribution in [1.82, 2.24) is 15.2 Å². The van der Waals surface area contributed by atoms with Crippen LogP contribution in [0.5, 0.6) is 11.5 Å². The number of methoxy groups -OCH3 is 2. The van der Waals surface area contributed by atoms with Crippen molar-refractivity contribution < 1.29 is 9.47 Å². The summed E-state index contributed by atoms with van der Waals surface area (Å²) in [6, 6.07) is 5.87. The van der Waals surface area contributed by atoms with Crippen LogP contribution in [0.1, 0.15) is 23.2 Å². The Bertz CT molecular complexity index is 730. The number of benzene rings is 1. The second-order valence-electron chi connectivity index (χ2n) is 5.88. The highest BCUT2D eigenvalue weighted by Gasteiger charge is 2.11. The van der Waals surface area contributed by atoms with Gasteiger partial charge in [-0.1, -0.05) is 0 Å². The Morgan fingerprint density at radius 2 is 2.12 bits per heavy atom. The molecular weight excluding hydrogens is 348 g/mol. The van der Waals surface area contributed by atoms with Gasteiger partial charge in [0.05, 0.1) is 24.9 Å². The monoisotopic (exact) mass is 376 g/mol. The summed E-state index contributed by atoms with van der Waals surface area (Å²) in [7, 11) is 5.35. The highest BCUT2D eigenvalue weighted by molar-refractivity contribution is 7.09. The number of hydrogen-bond donors (Lipinski definition) is 1. The van der Waals surface area contributed by atoms with Crippen LogP contribution in [0.15, 0.2) is 28.6 Å². The smallest absolute Gasteiger partial charge is 0.193 e. The summed E-state index contributed by atoms with van der Waals surface area (Å²) in [5, 5.41) is 6.54. The normalized spacial score (nSPS) is 11.3. The first-order valence-electron chi connectivity index (χ1n) is 8.68. The van der Waals surface area contributed by atoms with Crippen LogP contribution in [0.25, 0.3) is 0 Å². The van der Waals surface area contributed by atoms with Gasteiger partial charge in [-0.05, 0) is 26.0 Å². The summed E-state index contributed by atoms with van der Waals surface area (Å²) >= 11 is 1.68. The molecule has 0 aliphatic rings. The fraction of sp³-hybridized carbons (Fsp3) is 0.474. The van der Waals surface area contributed by atoms with Gasteiger partial charge in [-0.2, -0.15) is 0 Å². The summed E-state index contributed by atoms with van der Waals surface area (Å²) in [5.41, 5.74) is 2.18. The average molecular weight is 377 g/mol. The molecule has 142 valence electrons. The maximum atomic E-state index is 5.50. The molecule has 0 unspecified atom stereocenters. The topological polar surface area (TPSA) is 59.0 Å². The number of guanidine groups is 1. The number of aliphatic imine (C=N–C) groups is 1. The Kier molecular flexibility index (Phi) is 7.72. The number of thiazole rings is 1. The molecule has 26 heavy (non-hydrogen) atoms. The minimum absolute atomic E-state index is 0.689. The molecule has 1 heterocycles. The lowest BCUT2D eigenvalue weighted by Crippen LogP contribution is -2.38. The molecule has 0 saturated heterocycles. The summed E-state index contributed by atoms with van der Waals surface area (Å²) in [6.07, 6.45) is 0.846. The van der Waals surface area contributed by atoms with Gasteiger partial charge in [-0.3, -0.25) is 4.99 Å².